The topological polar surface area (TPSA) is 60.2 Å². The highest BCUT2D eigenvalue weighted by Gasteiger charge is 2.18. The number of carbonyl (C=O) groups is 1. The fraction of sp³-hybridized carbons (Fsp3) is 0.0714. The van der Waals surface area contributed by atoms with Crippen molar-refractivity contribution < 1.29 is 9.72 Å². The molecule has 0 unspecified atom stereocenters. The monoisotopic (exact) mass is 351 g/mol. The molecule has 0 amide bonds. The predicted octanol–water partition coefficient (Wildman–Crippen LogP) is 4.71. The van der Waals surface area contributed by atoms with Crippen LogP contribution in [-0.4, -0.2) is 10.7 Å². The van der Waals surface area contributed by atoms with Crippen molar-refractivity contribution in [2.24, 2.45) is 0 Å². The summed E-state index contributed by atoms with van der Waals surface area (Å²) in [5.74, 6) is -0.310. The Balaban J connectivity index is 2.36. The van der Waals surface area contributed by atoms with Crippen LogP contribution in [0.5, 0.6) is 0 Å². The summed E-state index contributed by atoms with van der Waals surface area (Å²) < 4.78 is 0.942. The molecule has 0 bridgehead atoms. The summed E-state index contributed by atoms with van der Waals surface area (Å²) in [6.45, 7) is 1.32. The summed E-state index contributed by atoms with van der Waals surface area (Å²) in [6.07, 6.45) is 0. The third-order valence-electron chi connectivity index (χ3n) is 2.58. The molecule has 4 nitrogen and oxygen atoms in total. The molecule has 2 aromatic carbocycles. The van der Waals surface area contributed by atoms with Crippen molar-refractivity contribution in [3.8, 4) is 0 Å². The van der Waals surface area contributed by atoms with E-state index in [1.54, 1.807) is 6.07 Å². The molecule has 102 valence electrons. The highest BCUT2D eigenvalue weighted by atomic mass is 79.9. The number of hydrogen-bond acceptors (Lipinski definition) is 4. The van der Waals surface area contributed by atoms with Gasteiger partial charge in [-0.2, -0.15) is 0 Å². The summed E-state index contributed by atoms with van der Waals surface area (Å²) in [5, 5.41) is 11.0. The first-order valence-corrected chi connectivity index (χ1v) is 7.31. The van der Waals surface area contributed by atoms with Crippen LogP contribution in [0.4, 0.5) is 5.69 Å². The molecule has 0 N–H and O–H groups in total. The predicted molar refractivity (Wildman–Crippen MR) is 81.4 cm³/mol. The fourth-order valence-electron chi connectivity index (χ4n) is 1.69. The average molecular weight is 352 g/mol. The number of carbonyl (C=O) groups excluding carboxylic acids is 1. The molecule has 0 spiro atoms. The van der Waals surface area contributed by atoms with E-state index >= 15 is 0 Å². The second-order valence-electron chi connectivity index (χ2n) is 4.05. The van der Waals surface area contributed by atoms with Gasteiger partial charge in [-0.3, -0.25) is 14.9 Å². The van der Waals surface area contributed by atoms with E-state index in [4.69, 9.17) is 0 Å². The van der Waals surface area contributed by atoms with Gasteiger partial charge in [-0.15, -0.1) is 0 Å². The highest BCUT2D eigenvalue weighted by Crippen LogP contribution is 2.33. The molecule has 0 heterocycles. The third kappa shape index (κ3) is 3.46. The van der Waals surface area contributed by atoms with E-state index in [0.717, 1.165) is 14.3 Å². The van der Waals surface area contributed by atoms with Gasteiger partial charge in [0.2, 0.25) is 0 Å². The van der Waals surface area contributed by atoms with Crippen molar-refractivity contribution >= 4 is 39.2 Å². The van der Waals surface area contributed by atoms with Crippen LogP contribution in [-0.2, 0) is 0 Å². The first kappa shape index (κ1) is 14.7. The maximum absolute atomic E-state index is 11.4. The van der Waals surface area contributed by atoms with E-state index in [0.29, 0.717) is 0 Å². The van der Waals surface area contributed by atoms with Crippen LogP contribution in [0.3, 0.4) is 0 Å². The van der Waals surface area contributed by atoms with E-state index in [1.807, 2.05) is 24.3 Å². The van der Waals surface area contributed by atoms with Crippen LogP contribution < -0.4 is 0 Å². The van der Waals surface area contributed by atoms with Crippen molar-refractivity contribution in [2.75, 3.05) is 0 Å². The Kier molecular flexibility index (Phi) is 4.57. The zero-order chi connectivity index (χ0) is 14.7. The Morgan fingerprint density at radius 3 is 2.50 bits per heavy atom. The number of nitro benzene ring substituents is 1. The van der Waals surface area contributed by atoms with Gasteiger partial charge < -0.3 is 0 Å². The van der Waals surface area contributed by atoms with E-state index in [1.165, 1.54) is 30.8 Å². The van der Waals surface area contributed by atoms with Crippen LogP contribution >= 0.6 is 27.7 Å². The Morgan fingerprint density at radius 2 is 1.90 bits per heavy atom. The number of nitro groups is 1. The Hall–Kier alpha value is -1.66. The summed E-state index contributed by atoms with van der Waals surface area (Å²) >= 11 is 4.79. The summed E-state index contributed by atoms with van der Waals surface area (Å²) in [4.78, 5) is 23.5. The van der Waals surface area contributed by atoms with Gasteiger partial charge in [-0.1, -0.05) is 33.8 Å². The average Bonchev–Trinajstić information content (AvgIpc) is 2.38. The van der Waals surface area contributed by atoms with E-state index in [2.05, 4.69) is 15.9 Å². The van der Waals surface area contributed by atoms with E-state index in [-0.39, 0.29) is 17.0 Å². The van der Waals surface area contributed by atoms with Crippen LogP contribution in [0.2, 0.25) is 0 Å². The number of nitrogens with zero attached hydrogens (tertiary/aromatic N) is 1. The zero-order valence-electron chi connectivity index (χ0n) is 10.5. The van der Waals surface area contributed by atoms with E-state index < -0.39 is 4.92 Å². The molecule has 0 aliphatic rings. The van der Waals surface area contributed by atoms with Gasteiger partial charge in [0.15, 0.2) is 5.78 Å². The van der Waals surface area contributed by atoms with Gasteiger partial charge >= 0.3 is 0 Å². The van der Waals surface area contributed by atoms with Crippen molar-refractivity contribution in [1.82, 2.24) is 0 Å². The largest absolute Gasteiger partial charge is 0.294 e. The lowest BCUT2D eigenvalue weighted by atomic mass is 10.1. The van der Waals surface area contributed by atoms with Gasteiger partial charge in [-0.05, 0) is 37.3 Å². The first-order valence-electron chi connectivity index (χ1n) is 5.70. The van der Waals surface area contributed by atoms with Crippen molar-refractivity contribution in [2.45, 2.75) is 16.7 Å². The quantitative estimate of drug-likeness (QED) is 0.454. The number of Topliss-reactive ketones (excluding diaryl/α,β-unsaturated/α-hetero) is 1. The lowest BCUT2D eigenvalue weighted by Gasteiger charge is -2.04. The van der Waals surface area contributed by atoms with Crippen molar-refractivity contribution in [3.63, 3.8) is 0 Å². The molecule has 0 aromatic heterocycles. The van der Waals surface area contributed by atoms with Crippen molar-refractivity contribution in [3.05, 3.63) is 62.6 Å². The van der Waals surface area contributed by atoms with Crippen LogP contribution in [0.15, 0.2) is 56.7 Å². The van der Waals surface area contributed by atoms with Gasteiger partial charge in [-0.25, -0.2) is 0 Å². The minimum absolute atomic E-state index is 0.133. The molecule has 0 aliphatic carbocycles. The van der Waals surface area contributed by atoms with Gasteiger partial charge in [0, 0.05) is 20.3 Å². The van der Waals surface area contributed by atoms with Crippen LogP contribution in [0, 0.1) is 10.1 Å². The number of hydrogen-bond donors (Lipinski definition) is 0. The van der Waals surface area contributed by atoms with Gasteiger partial charge in [0.25, 0.3) is 5.69 Å². The standard InChI is InChI=1S/C14H10BrNO3S/c1-9(17)13-6-5-12(8-14(13)16(18)19)20-11-4-2-3-10(15)7-11/h2-8H,1H3. The van der Waals surface area contributed by atoms with Crippen LogP contribution in [0.25, 0.3) is 0 Å². The zero-order valence-corrected chi connectivity index (χ0v) is 12.9. The minimum Gasteiger partial charge on any atom is -0.294 e. The Bertz CT molecular complexity index is 688. The number of halogens is 1. The number of benzene rings is 2. The molecular formula is C14H10BrNO3S. The second kappa shape index (κ2) is 6.19. The maximum Gasteiger partial charge on any atom is 0.281 e. The molecule has 2 aromatic rings. The number of rotatable bonds is 4. The maximum atomic E-state index is 11.4. The van der Waals surface area contributed by atoms with Crippen LogP contribution in [0.1, 0.15) is 17.3 Å². The van der Waals surface area contributed by atoms with Gasteiger partial charge in [0.1, 0.15) is 0 Å². The molecular weight excluding hydrogens is 342 g/mol. The molecule has 6 heteroatoms. The smallest absolute Gasteiger partial charge is 0.281 e. The lowest BCUT2D eigenvalue weighted by molar-refractivity contribution is -0.385. The van der Waals surface area contributed by atoms with Crippen molar-refractivity contribution in [1.29, 1.82) is 0 Å². The van der Waals surface area contributed by atoms with Gasteiger partial charge in [0.05, 0.1) is 10.5 Å². The highest BCUT2D eigenvalue weighted by molar-refractivity contribution is 9.10. The summed E-state index contributed by atoms with van der Waals surface area (Å²) in [7, 11) is 0. The molecule has 0 radical (unpaired) electrons. The number of ketones is 1. The normalized spacial score (nSPS) is 10.3. The molecule has 0 atom stereocenters. The molecule has 0 fully saturated rings. The Morgan fingerprint density at radius 1 is 1.20 bits per heavy atom. The molecule has 0 aliphatic heterocycles. The SMILES string of the molecule is CC(=O)c1ccc(Sc2cccc(Br)c2)cc1[N+](=O)[O-]. The third-order valence-corrected chi connectivity index (χ3v) is 4.05. The summed E-state index contributed by atoms with van der Waals surface area (Å²) in [5.41, 5.74) is -0.0221. The van der Waals surface area contributed by atoms with E-state index in [9.17, 15) is 14.9 Å². The lowest BCUT2D eigenvalue weighted by Crippen LogP contribution is -2.00. The molecule has 0 saturated carbocycles. The molecule has 0 saturated heterocycles. The summed E-state index contributed by atoms with van der Waals surface area (Å²) in [6, 6.07) is 12.3. The Labute approximate surface area is 128 Å². The molecule has 20 heavy (non-hydrogen) atoms. The second-order valence-corrected chi connectivity index (χ2v) is 6.11. The minimum atomic E-state index is -0.526. The molecule has 2 rings (SSSR count). The first-order chi connectivity index (χ1) is 9.47. The fourth-order valence-corrected chi connectivity index (χ4v) is 3.15.